The van der Waals surface area contributed by atoms with Crippen LogP contribution in [-0.4, -0.2) is 39.0 Å². The summed E-state index contributed by atoms with van der Waals surface area (Å²) in [5, 5.41) is 0. The molecule has 3 aromatic rings. The van der Waals surface area contributed by atoms with Crippen LogP contribution in [0, 0.1) is 0 Å². The lowest BCUT2D eigenvalue weighted by molar-refractivity contribution is 0.0743. The van der Waals surface area contributed by atoms with Gasteiger partial charge in [0.1, 0.15) is 13.2 Å². The lowest BCUT2D eigenvalue weighted by atomic mass is 10.1. The van der Waals surface area contributed by atoms with Crippen molar-refractivity contribution in [2.24, 2.45) is 0 Å². The third-order valence-corrected chi connectivity index (χ3v) is 6.58. The van der Waals surface area contributed by atoms with Crippen molar-refractivity contribution in [1.29, 1.82) is 0 Å². The van der Waals surface area contributed by atoms with Gasteiger partial charge in [-0.2, -0.15) is 0 Å². The van der Waals surface area contributed by atoms with Crippen molar-refractivity contribution in [3.05, 3.63) is 83.9 Å². The molecule has 0 unspecified atom stereocenters. The van der Waals surface area contributed by atoms with Gasteiger partial charge in [0.15, 0.2) is 11.5 Å². The molecule has 1 N–H and O–H groups in total. The second kappa shape index (κ2) is 9.95. The van der Waals surface area contributed by atoms with Gasteiger partial charge >= 0.3 is 0 Å². The van der Waals surface area contributed by atoms with Crippen LogP contribution in [0.4, 0.5) is 5.69 Å². The Labute approximate surface area is 194 Å². The normalized spacial score (nSPS) is 12.8. The quantitative estimate of drug-likeness (QED) is 0.535. The Hall–Kier alpha value is -3.52. The molecule has 4 rings (SSSR count). The summed E-state index contributed by atoms with van der Waals surface area (Å²) in [5.41, 5.74) is 1.93. The Bertz CT molecular complexity index is 1210. The molecule has 1 heterocycles. The van der Waals surface area contributed by atoms with Crippen molar-refractivity contribution in [2.75, 3.05) is 24.5 Å². The standard InChI is InChI=1S/C25H26N2O5S/c1-2-14-27(18-19-6-4-3-5-7-19)25(28)20-8-10-21(11-9-20)26-33(29,30)22-12-13-23-24(17-22)32-16-15-31-23/h3-13,17,26H,2,14-16,18H2,1H3. The molecule has 0 bridgehead atoms. The molecule has 0 aromatic heterocycles. The van der Waals surface area contributed by atoms with E-state index in [1.807, 2.05) is 37.3 Å². The maximum absolute atomic E-state index is 13.1. The van der Waals surface area contributed by atoms with Crippen molar-refractivity contribution >= 4 is 21.6 Å². The monoisotopic (exact) mass is 466 g/mol. The average Bonchev–Trinajstić information content (AvgIpc) is 2.84. The van der Waals surface area contributed by atoms with Gasteiger partial charge in [0.2, 0.25) is 0 Å². The van der Waals surface area contributed by atoms with E-state index < -0.39 is 10.0 Å². The van der Waals surface area contributed by atoms with Crippen molar-refractivity contribution < 1.29 is 22.7 Å². The molecule has 1 aliphatic heterocycles. The molecule has 0 atom stereocenters. The van der Waals surface area contributed by atoms with Crippen LogP contribution in [-0.2, 0) is 16.6 Å². The minimum Gasteiger partial charge on any atom is -0.486 e. The highest BCUT2D eigenvalue weighted by Gasteiger charge is 2.20. The molecule has 0 saturated heterocycles. The summed E-state index contributed by atoms with van der Waals surface area (Å²) in [7, 11) is -3.83. The molecule has 3 aromatic carbocycles. The summed E-state index contributed by atoms with van der Waals surface area (Å²) in [6.45, 7) is 3.99. The van der Waals surface area contributed by atoms with Crippen molar-refractivity contribution in [3.8, 4) is 11.5 Å². The van der Waals surface area contributed by atoms with E-state index in [1.54, 1.807) is 35.2 Å². The number of sulfonamides is 1. The average molecular weight is 467 g/mol. The van der Waals surface area contributed by atoms with E-state index in [4.69, 9.17) is 9.47 Å². The number of anilines is 1. The second-order valence-corrected chi connectivity index (χ2v) is 9.38. The Morgan fingerprint density at radius 2 is 1.64 bits per heavy atom. The van der Waals surface area contributed by atoms with Crippen LogP contribution >= 0.6 is 0 Å². The van der Waals surface area contributed by atoms with Crippen LogP contribution in [0.3, 0.4) is 0 Å². The van der Waals surface area contributed by atoms with Crippen molar-refractivity contribution in [3.63, 3.8) is 0 Å². The largest absolute Gasteiger partial charge is 0.486 e. The fourth-order valence-corrected chi connectivity index (χ4v) is 4.67. The van der Waals surface area contributed by atoms with E-state index in [9.17, 15) is 13.2 Å². The number of amides is 1. The third-order valence-electron chi connectivity index (χ3n) is 5.21. The van der Waals surface area contributed by atoms with Crippen LogP contribution in [0.15, 0.2) is 77.7 Å². The number of hydrogen-bond acceptors (Lipinski definition) is 5. The van der Waals surface area contributed by atoms with E-state index in [-0.39, 0.29) is 10.8 Å². The summed E-state index contributed by atoms with van der Waals surface area (Å²) in [4.78, 5) is 14.9. The number of fused-ring (bicyclic) bond motifs is 1. The molecule has 1 amide bonds. The molecule has 172 valence electrons. The Morgan fingerprint density at radius 1 is 0.939 bits per heavy atom. The first-order valence-electron chi connectivity index (χ1n) is 10.8. The SMILES string of the molecule is CCCN(Cc1ccccc1)C(=O)c1ccc(NS(=O)(=O)c2ccc3c(c2)OCCO3)cc1. The van der Waals surface area contributed by atoms with E-state index in [0.717, 1.165) is 12.0 Å². The highest BCUT2D eigenvalue weighted by atomic mass is 32.2. The van der Waals surface area contributed by atoms with Gasteiger partial charge in [-0.05, 0) is 48.4 Å². The molecule has 8 heteroatoms. The fraction of sp³-hybridized carbons (Fsp3) is 0.240. The van der Waals surface area contributed by atoms with Gasteiger partial charge in [-0.25, -0.2) is 8.42 Å². The van der Waals surface area contributed by atoms with Gasteiger partial charge < -0.3 is 14.4 Å². The topological polar surface area (TPSA) is 84.9 Å². The third kappa shape index (κ3) is 5.46. The van der Waals surface area contributed by atoms with Crippen LogP contribution in [0.25, 0.3) is 0 Å². The number of ether oxygens (including phenoxy) is 2. The molecule has 33 heavy (non-hydrogen) atoms. The lowest BCUT2D eigenvalue weighted by Crippen LogP contribution is -2.31. The van der Waals surface area contributed by atoms with E-state index in [0.29, 0.717) is 49.1 Å². The summed E-state index contributed by atoms with van der Waals surface area (Å²) >= 11 is 0. The molecule has 0 saturated carbocycles. The van der Waals surface area contributed by atoms with E-state index in [1.165, 1.54) is 12.1 Å². The number of carbonyl (C=O) groups excluding carboxylic acids is 1. The van der Waals surface area contributed by atoms with Crippen molar-refractivity contribution in [2.45, 2.75) is 24.8 Å². The highest BCUT2D eigenvalue weighted by molar-refractivity contribution is 7.92. The van der Waals surface area contributed by atoms with E-state index in [2.05, 4.69) is 4.72 Å². The number of rotatable bonds is 8. The molecule has 0 radical (unpaired) electrons. The number of carbonyl (C=O) groups is 1. The Kier molecular flexibility index (Phi) is 6.84. The molecular formula is C25H26N2O5S. The predicted molar refractivity (Wildman–Crippen MR) is 126 cm³/mol. The Morgan fingerprint density at radius 3 is 2.33 bits per heavy atom. The second-order valence-electron chi connectivity index (χ2n) is 7.70. The number of nitrogens with zero attached hydrogens (tertiary/aromatic N) is 1. The van der Waals surface area contributed by atoms with Gasteiger partial charge in [0.25, 0.3) is 15.9 Å². The maximum Gasteiger partial charge on any atom is 0.262 e. The zero-order valence-electron chi connectivity index (χ0n) is 18.4. The van der Waals surface area contributed by atoms with Crippen LogP contribution in [0.2, 0.25) is 0 Å². The number of hydrogen-bond donors (Lipinski definition) is 1. The summed E-state index contributed by atoms with van der Waals surface area (Å²) in [5.74, 6) is 0.830. The first-order valence-corrected chi connectivity index (χ1v) is 12.3. The van der Waals surface area contributed by atoms with Gasteiger partial charge in [-0.3, -0.25) is 9.52 Å². The minimum absolute atomic E-state index is 0.0730. The number of benzene rings is 3. The highest BCUT2D eigenvalue weighted by Crippen LogP contribution is 2.32. The lowest BCUT2D eigenvalue weighted by Gasteiger charge is -2.22. The van der Waals surface area contributed by atoms with Gasteiger partial charge in [-0.15, -0.1) is 0 Å². The summed E-state index contributed by atoms with van der Waals surface area (Å²) in [6, 6.07) is 20.8. The molecule has 0 aliphatic carbocycles. The maximum atomic E-state index is 13.1. The van der Waals surface area contributed by atoms with Gasteiger partial charge in [-0.1, -0.05) is 37.3 Å². The molecule has 7 nitrogen and oxygen atoms in total. The minimum atomic E-state index is -3.83. The number of nitrogens with one attached hydrogen (secondary N) is 1. The molecular weight excluding hydrogens is 440 g/mol. The first kappa shape index (κ1) is 22.7. The van der Waals surface area contributed by atoms with Gasteiger partial charge in [0, 0.05) is 30.4 Å². The molecule has 0 spiro atoms. The predicted octanol–water partition coefficient (Wildman–Crippen LogP) is 4.31. The Balaban J connectivity index is 1.47. The first-order chi connectivity index (χ1) is 16.0. The summed E-state index contributed by atoms with van der Waals surface area (Å²) < 4.78 is 39.1. The zero-order valence-corrected chi connectivity index (χ0v) is 19.2. The van der Waals surface area contributed by atoms with Gasteiger partial charge in [0.05, 0.1) is 4.90 Å². The molecule has 0 fully saturated rings. The fourth-order valence-electron chi connectivity index (χ4n) is 3.59. The molecule has 1 aliphatic rings. The summed E-state index contributed by atoms with van der Waals surface area (Å²) in [6.07, 6.45) is 0.839. The van der Waals surface area contributed by atoms with E-state index >= 15 is 0 Å². The van der Waals surface area contributed by atoms with Crippen molar-refractivity contribution in [1.82, 2.24) is 4.90 Å². The van der Waals surface area contributed by atoms with Crippen LogP contribution in [0.1, 0.15) is 29.3 Å². The zero-order chi connectivity index (χ0) is 23.3. The van der Waals surface area contributed by atoms with Crippen LogP contribution in [0.5, 0.6) is 11.5 Å². The smallest absolute Gasteiger partial charge is 0.262 e. The van der Waals surface area contributed by atoms with Crippen LogP contribution < -0.4 is 14.2 Å².